The van der Waals surface area contributed by atoms with E-state index in [0.29, 0.717) is 22.0 Å². The average molecular weight is 441 g/mol. The number of Topliss-reactive ketones (excluding diaryl/α,β-unsaturated/α-hetero) is 1. The van der Waals surface area contributed by atoms with Crippen LogP contribution in [0.15, 0.2) is 72.8 Å². The number of halogens is 2. The highest BCUT2D eigenvalue weighted by molar-refractivity contribution is 6.35. The second-order valence-electron chi connectivity index (χ2n) is 7.28. The predicted molar refractivity (Wildman–Crippen MR) is 121 cm³/mol. The number of carbonyl (C=O) groups excluding carboxylic acids is 1. The summed E-state index contributed by atoms with van der Waals surface area (Å²) in [6, 6.07) is 22.3. The van der Waals surface area contributed by atoms with Crippen molar-refractivity contribution in [1.82, 2.24) is 0 Å². The molecule has 0 spiro atoms. The highest BCUT2D eigenvalue weighted by Crippen LogP contribution is 2.28. The third-order valence-electron chi connectivity index (χ3n) is 5.04. The minimum Gasteiger partial charge on any atom is -0.481 e. The zero-order valence-electron chi connectivity index (χ0n) is 16.4. The molecule has 0 aromatic heterocycles. The number of rotatable bonds is 9. The molecule has 1 N–H and O–H groups in total. The number of hydrogen-bond donors (Lipinski definition) is 1. The first-order chi connectivity index (χ1) is 14.4. The van der Waals surface area contributed by atoms with Crippen molar-refractivity contribution in [2.75, 3.05) is 0 Å². The van der Waals surface area contributed by atoms with Crippen LogP contribution in [0.3, 0.4) is 0 Å². The van der Waals surface area contributed by atoms with Crippen LogP contribution < -0.4 is 0 Å². The van der Waals surface area contributed by atoms with Crippen LogP contribution in [0.1, 0.15) is 35.2 Å². The van der Waals surface area contributed by atoms with Crippen molar-refractivity contribution in [3.63, 3.8) is 0 Å². The lowest BCUT2D eigenvalue weighted by atomic mass is 9.92. The normalized spacial score (nSPS) is 11.8. The number of carbonyl (C=O) groups is 2. The molecule has 0 radical (unpaired) electrons. The van der Waals surface area contributed by atoms with Crippen molar-refractivity contribution in [1.29, 1.82) is 0 Å². The Hall–Kier alpha value is -2.62. The van der Waals surface area contributed by atoms with Crippen LogP contribution in [0, 0.1) is 5.92 Å². The molecule has 0 saturated carbocycles. The summed E-state index contributed by atoms with van der Waals surface area (Å²) in [5, 5.41) is 10.6. The maximum atomic E-state index is 12.6. The summed E-state index contributed by atoms with van der Waals surface area (Å²) in [5.74, 6) is -1.79. The number of benzene rings is 3. The number of aryl methyl sites for hydroxylation is 1. The van der Waals surface area contributed by atoms with Gasteiger partial charge in [-0.2, -0.15) is 0 Å². The van der Waals surface area contributed by atoms with E-state index in [1.807, 2.05) is 42.5 Å². The Morgan fingerprint density at radius 1 is 0.833 bits per heavy atom. The molecule has 5 heteroatoms. The Morgan fingerprint density at radius 3 is 2.07 bits per heavy atom. The monoisotopic (exact) mass is 440 g/mol. The minimum atomic E-state index is -0.929. The van der Waals surface area contributed by atoms with Crippen LogP contribution >= 0.6 is 23.2 Å². The van der Waals surface area contributed by atoms with E-state index < -0.39 is 11.9 Å². The van der Waals surface area contributed by atoms with Crippen LogP contribution in [0.5, 0.6) is 0 Å². The molecule has 0 bridgehead atoms. The molecular formula is C25H22Cl2O3. The maximum absolute atomic E-state index is 12.6. The van der Waals surface area contributed by atoms with Gasteiger partial charge in [-0.3, -0.25) is 9.59 Å². The molecule has 0 heterocycles. The summed E-state index contributed by atoms with van der Waals surface area (Å²) >= 11 is 12.1. The van der Waals surface area contributed by atoms with Gasteiger partial charge in [-0.15, -0.1) is 0 Å². The largest absolute Gasteiger partial charge is 0.481 e. The SMILES string of the molecule is O=C(CC(CCCc1ccccc1)C(=O)O)c1ccc(-c2cc(Cl)cc(Cl)c2)cc1. The molecule has 1 atom stereocenters. The molecule has 0 amide bonds. The molecule has 0 fully saturated rings. The summed E-state index contributed by atoms with van der Waals surface area (Å²) < 4.78 is 0. The quantitative estimate of drug-likeness (QED) is 0.365. The highest BCUT2D eigenvalue weighted by atomic mass is 35.5. The van der Waals surface area contributed by atoms with Crippen molar-refractivity contribution in [3.8, 4) is 11.1 Å². The van der Waals surface area contributed by atoms with Gasteiger partial charge in [0.05, 0.1) is 5.92 Å². The van der Waals surface area contributed by atoms with Gasteiger partial charge >= 0.3 is 5.97 Å². The molecule has 3 aromatic rings. The van der Waals surface area contributed by atoms with Gasteiger partial charge in [0, 0.05) is 22.0 Å². The van der Waals surface area contributed by atoms with Gasteiger partial charge in [-0.1, -0.05) is 77.8 Å². The summed E-state index contributed by atoms with van der Waals surface area (Å²) in [6.07, 6.45) is 1.99. The third-order valence-corrected chi connectivity index (χ3v) is 5.48. The zero-order valence-corrected chi connectivity index (χ0v) is 17.9. The Morgan fingerprint density at radius 2 is 1.47 bits per heavy atom. The average Bonchev–Trinajstić information content (AvgIpc) is 2.73. The Kier molecular flexibility index (Phi) is 7.67. The van der Waals surface area contributed by atoms with E-state index in [0.717, 1.165) is 24.0 Å². The number of carboxylic acid groups (broad SMARTS) is 1. The highest BCUT2D eigenvalue weighted by Gasteiger charge is 2.21. The van der Waals surface area contributed by atoms with Gasteiger partial charge in [0.1, 0.15) is 0 Å². The summed E-state index contributed by atoms with van der Waals surface area (Å²) in [5.41, 5.74) is 3.41. The van der Waals surface area contributed by atoms with Gasteiger partial charge in [-0.05, 0) is 54.2 Å². The van der Waals surface area contributed by atoms with Gasteiger partial charge < -0.3 is 5.11 Å². The van der Waals surface area contributed by atoms with Crippen LogP contribution in [-0.4, -0.2) is 16.9 Å². The first kappa shape index (κ1) is 22.1. The first-order valence-corrected chi connectivity index (χ1v) is 10.5. The molecule has 0 aliphatic rings. The summed E-state index contributed by atoms with van der Waals surface area (Å²) in [7, 11) is 0. The van der Waals surface area contributed by atoms with Crippen molar-refractivity contribution in [3.05, 3.63) is 94.0 Å². The van der Waals surface area contributed by atoms with Crippen LogP contribution in [-0.2, 0) is 11.2 Å². The first-order valence-electron chi connectivity index (χ1n) is 9.79. The van der Waals surface area contributed by atoms with E-state index >= 15 is 0 Å². The van der Waals surface area contributed by atoms with E-state index in [9.17, 15) is 14.7 Å². The fraction of sp³-hybridized carbons (Fsp3) is 0.200. The molecule has 30 heavy (non-hydrogen) atoms. The number of ketones is 1. The lowest BCUT2D eigenvalue weighted by Gasteiger charge is -2.12. The van der Waals surface area contributed by atoms with Gasteiger partial charge in [0.2, 0.25) is 0 Å². The summed E-state index contributed by atoms with van der Waals surface area (Å²) in [6.45, 7) is 0. The number of hydrogen-bond acceptors (Lipinski definition) is 2. The van der Waals surface area contributed by atoms with E-state index in [1.54, 1.807) is 30.3 Å². The summed E-state index contributed by atoms with van der Waals surface area (Å²) in [4.78, 5) is 24.3. The Balaban J connectivity index is 1.62. The topological polar surface area (TPSA) is 54.4 Å². The molecule has 3 aromatic carbocycles. The molecule has 0 saturated heterocycles. The lowest BCUT2D eigenvalue weighted by molar-refractivity contribution is -0.141. The molecular weight excluding hydrogens is 419 g/mol. The Bertz CT molecular complexity index is 994. The third kappa shape index (κ3) is 6.19. The van der Waals surface area contributed by atoms with Gasteiger partial charge in [0.25, 0.3) is 0 Å². The predicted octanol–water partition coefficient (Wildman–Crippen LogP) is 6.96. The van der Waals surface area contributed by atoms with E-state index in [1.165, 1.54) is 5.56 Å². The lowest BCUT2D eigenvalue weighted by Crippen LogP contribution is -2.18. The second kappa shape index (κ2) is 10.4. The van der Waals surface area contributed by atoms with Crippen molar-refractivity contribution >= 4 is 35.0 Å². The van der Waals surface area contributed by atoms with Crippen LogP contribution in [0.2, 0.25) is 10.0 Å². The van der Waals surface area contributed by atoms with Gasteiger partial charge in [-0.25, -0.2) is 0 Å². The van der Waals surface area contributed by atoms with Gasteiger partial charge in [0.15, 0.2) is 5.78 Å². The molecule has 154 valence electrons. The van der Waals surface area contributed by atoms with Crippen molar-refractivity contribution in [2.45, 2.75) is 25.7 Å². The minimum absolute atomic E-state index is 0.00748. The molecule has 1 unspecified atom stereocenters. The van der Waals surface area contributed by atoms with E-state index in [-0.39, 0.29) is 12.2 Å². The molecule has 3 rings (SSSR count). The number of aliphatic carboxylic acids is 1. The van der Waals surface area contributed by atoms with E-state index in [2.05, 4.69) is 0 Å². The smallest absolute Gasteiger partial charge is 0.306 e. The number of carboxylic acids is 1. The van der Waals surface area contributed by atoms with E-state index in [4.69, 9.17) is 23.2 Å². The standard InChI is InChI=1S/C25H22Cl2O3/c26-22-13-21(14-23(27)16-22)18-9-11-19(12-10-18)24(28)15-20(25(29)30)8-4-7-17-5-2-1-3-6-17/h1-3,5-6,9-14,16,20H,4,7-8,15H2,(H,29,30). The fourth-order valence-corrected chi connectivity index (χ4v) is 3.95. The molecule has 0 aliphatic heterocycles. The molecule has 3 nitrogen and oxygen atoms in total. The van der Waals surface area contributed by atoms with Crippen LogP contribution in [0.4, 0.5) is 0 Å². The fourth-order valence-electron chi connectivity index (χ4n) is 3.42. The van der Waals surface area contributed by atoms with Crippen LogP contribution in [0.25, 0.3) is 11.1 Å². The zero-order chi connectivity index (χ0) is 21.5. The Labute approximate surface area is 186 Å². The van der Waals surface area contributed by atoms with Crippen molar-refractivity contribution in [2.24, 2.45) is 5.92 Å². The molecule has 0 aliphatic carbocycles. The second-order valence-corrected chi connectivity index (χ2v) is 8.15. The maximum Gasteiger partial charge on any atom is 0.306 e. The van der Waals surface area contributed by atoms with Crippen molar-refractivity contribution < 1.29 is 14.7 Å².